The Balaban J connectivity index is 1.44. The predicted molar refractivity (Wildman–Crippen MR) is 110 cm³/mol. The van der Waals surface area contributed by atoms with Gasteiger partial charge >= 0.3 is 0 Å². The number of ether oxygens (including phenoxy) is 1. The molecule has 1 aliphatic carbocycles. The monoisotopic (exact) mass is 433 g/mol. The lowest BCUT2D eigenvalue weighted by molar-refractivity contribution is 0.438. The molecule has 1 aliphatic rings. The van der Waals surface area contributed by atoms with Crippen molar-refractivity contribution in [2.75, 3.05) is 11.6 Å². The van der Waals surface area contributed by atoms with Crippen molar-refractivity contribution in [1.29, 1.82) is 0 Å². The second kappa shape index (κ2) is 8.14. The second-order valence-electron chi connectivity index (χ2n) is 7.54. The molecule has 9 heteroatoms. The van der Waals surface area contributed by atoms with Crippen LogP contribution in [0.15, 0.2) is 42.6 Å². The molecule has 0 saturated heterocycles. The van der Waals surface area contributed by atoms with E-state index in [-0.39, 0.29) is 17.0 Å². The topological polar surface area (TPSA) is 81.2 Å². The third kappa shape index (κ3) is 4.67. The Hall–Kier alpha value is -2.81. The molecule has 3 aromatic rings. The van der Waals surface area contributed by atoms with Crippen LogP contribution in [0.2, 0.25) is 0 Å². The van der Waals surface area contributed by atoms with Crippen molar-refractivity contribution >= 4 is 26.7 Å². The van der Waals surface area contributed by atoms with E-state index in [1.807, 2.05) is 0 Å². The van der Waals surface area contributed by atoms with E-state index in [0.29, 0.717) is 35.4 Å². The Kier molecular flexibility index (Phi) is 5.55. The van der Waals surface area contributed by atoms with Crippen LogP contribution in [0.5, 0.6) is 11.5 Å². The van der Waals surface area contributed by atoms with E-state index in [2.05, 4.69) is 15.3 Å². The van der Waals surface area contributed by atoms with Gasteiger partial charge in [-0.3, -0.25) is 0 Å². The molecule has 0 atom stereocenters. The summed E-state index contributed by atoms with van der Waals surface area (Å²) >= 11 is 0. The first-order valence-electron chi connectivity index (χ1n) is 9.63. The van der Waals surface area contributed by atoms with E-state index in [0.717, 1.165) is 25.0 Å². The molecule has 158 valence electrons. The number of rotatable bonds is 5. The third-order valence-electron chi connectivity index (χ3n) is 5.29. The number of hydrogen-bond donors (Lipinski definition) is 1. The zero-order valence-corrected chi connectivity index (χ0v) is 17.1. The van der Waals surface area contributed by atoms with Gasteiger partial charge in [0, 0.05) is 29.9 Å². The van der Waals surface area contributed by atoms with E-state index in [4.69, 9.17) is 4.74 Å². The summed E-state index contributed by atoms with van der Waals surface area (Å²) in [7, 11) is -3.00. The maximum absolute atomic E-state index is 13.8. The minimum absolute atomic E-state index is 0.0698. The van der Waals surface area contributed by atoms with Crippen molar-refractivity contribution in [2.24, 2.45) is 0 Å². The van der Waals surface area contributed by atoms with E-state index in [9.17, 15) is 17.2 Å². The van der Waals surface area contributed by atoms with Crippen molar-refractivity contribution in [3.8, 4) is 11.5 Å². The normalized spacial score (nSPS) is 19.6. The number of fused-ring (bicyclic) bond motifs is 1. The van der Waals surface area contributed by atoms with Gasteiger partial charge < -0.3 is 10.1 Å². The van der Waals surface area contributed by atoms with E-state index >= 15 is 0 Å². The summed E-state index contributed by atoms with van der Waals surface area (Å²) < 4.78 is 55.7. The van der Waals surface area contributed by atoms with E-state index in [1.54, 1.807) is 24.4 Å². The van der Waals surface area contributed by atoms with Crippen LogP contribution in [-0.4, -0.2) is 35.9 Å². The first kappa shape index (κ1) is 20.5. The molecular weight excluding hydrogens is 412 g/mol. The average Bonchev–Trinajstić information content (AvgIpc) is 2.70. The molecule has 30 heavy (non-hydrogen) atoms. The highest BCUT2D eigenvalue weighted by atomic mass is 32.2. The minimum atomic E-state index is -3.00. The molecule has 0 amide bonds. The number of nitrogens with zero attached hydrogens (tertiary/aromatic N) is 2. The zero-order chi connectivity index (χ0) is 21.3. The van der Waals surface area contributed by atoms with Gasteiger partial charge in [0.2, 0.25) is 5.95 Å². The van der Waals surface area contributed by atoms with Gasteiger partial charge in [-0.2, -0.15) is 0 Å². The van der Waals surface area contributed by atoms with Gasteiger partial charge in [-0.05, 0) is 56.0 Å². The molecule has 0 unspecified atom stereocenters. The lowest BCUT2D eigenvalue weighted by Gasteiger charge is -2.28. The van der Waals surface area contributed by atoms with Crippen molar-refractivity contribution in [2.45, 2.75) is 37.0 Å². The number of benzene rings is 2. The summed E-state index contributed by atoms with van der Waals surface area (Å²) in [6.07, 6.45) is 5.68. The van der Waals surface area contributed by atoms with Gasteiger partial charge in [0.15, 0.2) is 11.6 Å². The Labute approximate surface area is 173 Å². The van der Waals surface area contributed by atoms with Crippen LogP contribution >= 0.6 is 0 Å². The quantitative estimate of drug-likeness (QED) is 0.640. The summed E-state index contributed by atoms with van der Waals surface area (Å²) in [6.45, 7) is 0. The Morgan fingerprint density at radius 3 is 2.53 bits per heavy atom. The van der Waals surface area contributed by atoms with E-state index < -0.39 is 21.5 Å². The van der Waals surface area contributed by atoms with Crippen molar-refractivity contribution in [3.05, 3.63) is 54.2 Å². The molecular formula is C21H21F2N3O3S. The van der Waals surface area contributed by atoms with Gasteiger partial charge in [0.1, 0.15) is 21.4 Å². The Bertz CT molecular complexity index is 1180. The lowest BCUT2D eigenvalue weighted by atomic mass is 9.95. The SMILES string of the molecule is CS(=O)(=O)C1CCC(Nc2ncc3cc(Oc4ccc(F)cc4F)ccc3n2)CC1. The first-order valence-corrected chi connectivity index (χ1v) is 11.6. The molecule has 0 aliphatic heterocycles. The smallest absolute Gasteiger partial charge is 0.223 e. The summed E-state index contributed by atoms with van der Waals surface area (Å²) in [6, 6.07) is 8.32. The zero-order valence-electron chi connectivity index (χ0n) is 16.3. The molecule has 1 heterocycles. The van der Waals surface area contributed by atoms with Gasteiger partial charge in [-0.25, -0.2) is 27.2 Å². The first-order chi connectivity index (χ1) is 14.3. The lowest BCUT2D eigenvalue weighted by Crippen LogP contribution is -2.32. The summed E-state index contributed by atoms with van der Waals surface area (Å²) in [5.41, 5.74) is 0.684. The van der Waals surface area contributed by atoms with Crippen LogP contribution in [0.3, 0.4) is 0 Å². The second-order valence-corrected chi connectivity index (χ2v) is 9.86. The Morgan fingerprint density at radius 1 is 1.07 bits per heavy atom. The molecule has 0 spiro atoms. The molecule has 1 N–H and O–H groups in total. The van der Waals surface area contributed by atoms with Crippen LogP contribution < -0.4 is 10.1 Å². The molecule has 1 fully saturated rings. The highest BCUT2D eigenvalue weighted by molar-refractivity contribution is 7.91. The number of anilines is 1. The molecule has 1 aromatic heterocycles. The molecule has 6 nitrogen and oxygen atoms in total. The molecule has 0 radical (unpaired) electrons. The predicted octanol–water partition coefficient (Wildman–Crippen LogP) is 4.47. The number of sulfone groups is 1. The maximum Gasteiger partial charge on any atom is 0.223 e. The summed E-state index contributed by atoms with van der Waals surface area (Å²) in [5, 5.41) is 3.72. The van der Waals surface area contributed by atoms with Gasteiger partial charge in [0.25, 0.3) is 0 Å². The fraction of sp³-hybridized carbons (Fsp3) is 0.333. The van der Waals surface area contributed by atoms with Crippen molar-refractivity contribution in [1.82, 2.24) is 9.97 Å². The summed E-state index contributed by atoms with van der Waals surface area (Å²) in [4.78, 5) is 8.82. The van der Waals surface area contributed by atoms with Gasteiger partial charge in [-0.1, -0.05) is 0 Å². The molecule has 1 saturated carbocycles. The average molecular weight is 433 g/mol. The number of nitrogens with one attached hydrogen (secondary N) is 1. The Morgan fingerprint density at radius 2 is 1.83 bits per heavy atom. The summed E-state index contributed by atoms with van der Waals surface area (Å²) in [5.74, 6) is -0.660. The van der Waals surface area contributed by atoms with Crippen LogP contribution in [0, 0.1) is 11.6 Å². The highest BCUT2D eigenvalue weighted by Gasteiger charge is 2.28. The molecule has 4 rings (SSSR count). The third-order valence-corrected chi connectivity index (χ3v) is 6.97. The van der Waals surface area contributed by atoms with Gasteiger partial charge in [-0.15, -0.1) is 0 Å². The standard InChI is InChI=1S/C21H21F2N3O3S/c1-30(27,28)17-6-3-15(4-7-17)25-21-24-12-13-10-16(5-8-19(13)26-21)29-20-9-2-14(22)11-18(20)23/h2,5,8-12,15,17H,3-4,6-7H2,1H3,(H,24,25,26). The molecule has 2 aromatic carbocycles. The minimum Gasteiger partial charge on any atom is -0.454 e. The van der Waals surface area contributed by atoms with Crippen LogP contribution in [0.25, 0.3) is 10.9 Å². The van der Waals surface area contributed by atoms with Crippen LogP contribution in [0.1, 0.15) is 25.7 Å². The maximum atomic E-state index is 13.8. The number of aromatic nitrogens is 2. The van der Waals surface area contributed by atoms with Crippen molar-refractivity contribution < 1.29 is 21.9 Å². The fourth-order valence-corrected chi connectivity index (χ4v) is 4.78. The highest BCUT2D eigenvalue weighted by Crippen LogP contribution is 2.29. The van der Waals surface area contributed by atoms with Crippen LogP contribution in [-0.2, 0) is 9.84 Å². The van der Waals surface area contributed by atoms with Crippen molar-refractivity contribution in [3.63, 3.8) is 0 Å². The van der Waals surface area contributed by atoms with E-state index in [1.165, 1.54) is 12.3 Å². The fourth-order valence-electron chi connectivity index (χ4n) is 3.65. The van der Waals surface area contributed by atoms with Crippen LogP contribution in [0.4, 0.5) is 14.7 Å². The van der Waals surface area contributed by atoms with Gasteiger partial charge in [0.05, 0.1) is 10.8 Å². The number of halogens is 2. The number of hydrogen-bond acceptors (Lipinski definition) is 6. The largest absolute Gasteiger partial charge is 0.454 e. The molecule has 0 bridgehead atoms.